The largest absolute Gasteiger partial charge is 0.387 e. The van der Waals surface area contributed by atoms with Crippen molar-refractivity contribution in [3.05, 3.63) is 93.2 Å². The van der Waals surface area contributed by atoms with E-state index in [-0.39, 0.29) is 35.6 Å². The highest BCUT2D eigenvalue weighted by Gasteiger charge is 2.26. The molecular formula is C22H20FN5O3. The molecule has 3 heterocycles. The molecular weight excluding hydrogens is 401 g/mol. The Hall–Kier alpha value is -3.88. The van der Waals surface area contributed by atoms with Crippen LogP contribution in [-0.2, 0) is 18.4 Å². The molecule has 31 heavy (non-hydrogen) atoms. The molecule has 1 aliphatic heterocycles. The van der Waals surface area contributed by atoms with Crippen LogP contribution in [0.5, 0.6) is 0 Å². The van der Waals surface area contributed by atoms with Crippen molar-refractivity contribution in [3.63, 3.8) is 0 Å². The quantitative estimate of drug-likeness (QED) is 0.682. The Labute approximate surface area is 177 Å². The van der Waals surface area contributed by atoms with E-state index in [1.807, 2.05) is 0 Å². The third-order valence-electron chi connectivity index (χ3n) is 4.88. The van der Waals surface area contributed by atoms with E-state index in [0.29, 0.717) is 23.7 Å². The zero-order chi connectivity index (χ0) is 22.0. The maximum Gasteiger partial charge on any atom is 0.270 e. The molecule has 1 aromatic carbocycles. The van der Waals surface area contributed by atoms with Crippen molar-refractivity contribution < 1.29 is 14.0 Å². The van der Waals surface area contributed by atoms with Crippen LogP contribution >= 0.6 is 0 Å². The van der Waals surface area contributed by atoms with Crippen molar-refractivity contribution in [2.45, 2.75) is 26.0 Å². The lowest BCUT2D eigenvalue weighted by Gasteiger charge is -2.09. The SMILES string of the molecule is Cc1nc(C(=O)NCc2ccc(F)cc2)cc(C2=NOC(c3ccc(=O)n(C)c3)C2)n1. The molecule has 4 rings (SSSR count). The molecule has 1 N–H and O–H groups in total. The van der Waals surface area contributed by atoms with E-state index in [2.05, 4.69) is 20.4 Å². The Morgan fingerprint density at radius 2 is 2.00 bits per heavy atom. The van der Waals surface area contributed by atoms with E-state index in [9.17, 15) is 14.0 Å². The fourth-order valence-electron chi connectivity index (χ4n) is 3.22. The van der Waals surface area contributed by atoms with Gasteiger partial charge in [-0.1, -0.05) is 17.3 Å². The van der Waals surface area contributed by atoms with Gasteiger partial charge in [0.1, 0.15) is 23.0 Å². The number of carbonyl (C=O) groups is 1. The summed E-state index contributed by atoms with van der Waals surface area (Å²) in [6.07, 6.45) is 1.82. The monoisotopic (exact) mass is 421 g/mol. The maximum absolute atomic E-state index is 13.0. The smallest absolute Gasteiger partial charge is 0.270 e. The first kappa shape index (κ1) is 20.4. The number of rotatable bonds is 5. The Kier molecular flexibility index (Phi) is 5.57. The maximum atomic E-state index is 13.0. The van der Waals surface area contributed by atoms with Crippen LogP contribution in [0.3, 0.4) is 0 Å². The molecule has 1 atom stereocenters. The lowest BCUT2D eigenvalue weighted by Crippen LogP contribution is -2.25. The van der Waals surface area contributed by atoms with Crippen LogP contribution in [0, 0.1) is 12.7 Å². The number of nitrogens with zero attached hydrogens (tertiary/aromatic N) is 4. The van der Waals surface area contributed by atoms with Crippen LogP contribution in [0.2, 0.25) is 0 Å². The number of hydrogen-bond acceptors (Lipinski definition) is 6. The molecule has 3 aromatic rings. The first-order valence-electron chi connectivity index (χ1n) is 9.67. The van der Waals surface area contributed by atoms with Gasteiger partial charge in [-0.3, -0.25) is 9.59 Å². The highest BCUT2D eigenvalue weighted by atomic mass is 19.1. The third-order valence-corrected chi connectivity index (χ3v) is 4.88. The lowest BCUT2D eigenvalue weighted by atomic mass is 10.0. The van der Waals surface area contributed by atoms with Gasteiger partial charge in [0.15, 0.2) is 6.10 Å². The van der Waals surface area contributed by atoms with Gasteiger partial charge in [0.25, 0.3) is 5.91 Å². The standard InChI is InChI=1S/C22H20FN5O3/c1-13-25-17(18-10-20(31-27-18)15-5-8-21(29)28(2)12-15)9-19(26-13)22(30)24-11-14-3-6-16(23)7-4-14/h3-9,12,20H,10-11H2,1-2H3,(H,24,30). The molecule has 0 saturated carbocycles. The normalized spacial score (nSPS) is 15.3. The minimum absolute atomic E-state index is 0.106. The molecule has 0 bridgehead atoms. The summed E-state index contributed by atoms with van der Waals surface area (Å²) in [4.78, 5) is 38.3. The Balaban J connectivity index is 1.47. The molecule has 0 radical (unpaired) electrons. The summed E-state index contributed by atoms with van der Waals surface area (Å²) in [5.74, 6) is -0.274. The Morgan fingerprint density at radius 1 is 1.23 bits per heavy atom. The van der Waals surface area contributed by atoms with Crippen molar-refractivity contribution >= 4 is 11.6 Å². The first-order chi connectivity index (χ1) is 14.9. The van der Waals surface area contributed by atoms with E-state index in [1.165, 1.54) is 22.8 Å². The topological polar surface area (TPSA) is 98.5 Å². The zero-order valence-corrected chi connectivity index (χ0v) is 17.0. The average Bonchev–Trinajstić information content (AvgIpc) is 3.25. The number of carbonyl (C=O) groups excluding carboxylic acids is 1. The highest BCUT2D eigenvalue weighted by molar-refractivity contribution is 6.02. The molecule has 158 valence electrons. The summed E-state index contributed by atoms with van der Waals surface area (Å²) in [5.41, 5.74) is 2.80. The van der Waals surface area contributed by atoms with Crippen LogP contribution in [0.25, 0.3) is 0 Å². The van der Waals surface area contributed by atoms with Gasteiger partial charge >= 0.3 is 0 Å². The summed E-state index contributed by atoms with van der Waals surface area (Å²) in [7, 11) is 1.67. The fourth-order valence-corrected chi connectivity index (χ4v) is 3.22. The Bertz CT molecular complexity index is 1220. The predicted octanol–water partition coefficient (Wildman–Crippen LogP) is 2.42. The molecule has 0 spiro atoms. The van der Waals surface area contributed by atoms with Gasteiger partial charge in [0.2, 0.25) is 5.56 Å². The molecule has 9 heteroatoms. The number of aromatic nitrogens is 3. The number of benzene rings is 1. The van der Waals surface area contributed by atoms with Crippen LogP contribution in [0.1, 0.15) is 45.7 Å². The summed E-state index contributed by atoms with van der Waals surface area (Å²) in [6, 6.07) is 10.7. The van der Waals surface area contributed by atoms with E-state index in [4.69, 9.17) is 4.84 Å². The van der Waals surface area contributed by atoms with E-state index in [1.54, 1.807) is 44.4 Å². The van der Waals surface area contributed by atoms with E-state index < -0.39 is 0 Å². The third kappa shape index (κ3) is 4.66. The van der Waals surface area contributed by atoms with Gasteiger partial charge < -0.3 is 14.7 Å². The summed E-state index contributed by atoms with van der Waals surface area (Å²) in [6.45, 7) is 1.94. The molecule has 8 nitrogen and oxygen atoms in total. The molecule has 1 unspecified atom stereocenters. The lowest BCUT2D eigenvalue weighted by molar-refractivity contribution is 0.0852. The van der Waals surface area contributed by atoms with Crippen LogP contribution in [0.15, 0.2) is 58.6 Å². The zero-order valence-electron chi connectivity index (χ0n) is 17.0. The number of hydrogen-bond donors (Lipinski definition) is 1. The van der Waals surface area contributed by atoms with E-state index >= 15 is 0 Å². The molecule has 0 fully saturated rings. The Morgan fingerprint density at radius 3 is 2.74 bits per heavy atom. The predicted molar refractivity (Wildman–Crippen MR) is 111 cm³/mol. The second-order valence-electron chi connectivity index (χ2n) is 7.24. The van der Waals surface area contributed by atoms with Gasteiger partial charge in [-0.15, -0.1) is 0 Å². The highest BCUT2D eigenvalue weighted by Crippen LogP contribution is 2.28. The van der Waals surface area contributed by atoms with Crippen LogP contribution < -0.4 is 10.9 Å². The van der Waals surface area contributed by atoms with Crippen molar-refractivity contribution in [1.82, 2.24) is 19.9 Å². The number of oxime groups is 1. The van der Waals surface area contributed by atoms with E-state index in [0.717, 1.165) is 11.1 Å². The number of nitrogens with one attached hydrogen (secondary N) is 1. The van der Waals surface area contributed by atoms with Crippen molar-refractivity contribution in [2.75, 3.05) is 0 Å². The minimum Gasteiger partial charge on any atom is -0.387 e. The van der Waals surface area contributed by atoms with Crippen molar-refractivity contribution in [2.24, 2.45) is 12.2 Å². The number of halogens is 1. The molecule has 0 saturated heterocycles. The van der Waals surface area contributed by atoms with Crippen molar-refractivity contribution in [3.8, 4) is 0 Å². The average molecular weight is 421 g/mol. The van der Waals surface area contributed by atoms with Crippen molar-refractivity contribution in [1.29, 1.82) is 0 Å². The number of pyridine rings is 1. The van der Waals surface area contributed by atoms with Crippen LogP contribution in [0.4, 0.5) is 4.39 Å². The minimum atomic E-state index is -0.370. The fraction of sp³-hybridized carbons (Fsp3) is 0.227. The van der Waals surface area contributed by atoms with Gasteiger partial charge in [0.05, 0.1) is 5.69 Å². The van der Waals surface area contributed by atoms with Gasteiger partial charge in [0, 0.05) is 37.8 Å². The first-order valence-corrected chi connectivity index (χ1v) is 9.67. The van der Waals surface area contributed by atoms with Gasteiger partial charge in [-0.2, -0.15) is 0 Å². The van der Waals surface area contributed by atoms with Crippen LogP contribution in [-0.4, -0.2) is 26.2 Å². The molecule has 2 aromatic heterocycles. The molecule has 1 aliphatic rings. The van der Waals surface area contributed by atoms with Gasteiger partial charge in [-0.05, 0) is 36.8 Å². The molecule has 0 aliphatic carbocycles. The number of aryl methyl sites for hydroxylation is 2. The molecule has 1 amide bonds. The van der Waals surface area contributed by atoms with Gasteiger partial charge in [-0.25, -0.2) is 14.4 Å². The summed E-state index contributed by atoms with van der Waals surface area (Å²) < 4.78 is 14.5. The second-order valence-corrected chi connectivity index (χ2v) is 7.24. The summed E-state index contributed by atoms with van der Waals surface area (Å²) >= 11 is 0. The summed E-state index contributed by atoms with van der Waals surface area (Å²) in [5, 5.41) is 6.90. The number of amides is 1. The second kappa shape index (κ2) is 8.47.